The van der Waals surface area contributed by atoms with Crippen LogP contribution in [0.5, 0.6) is 0 Å². The second-order valence-corrected chi connectivity index (χ2v) is 6.80. The Labute approximate surface area is 171 Å². The molecule has 30 heavy (non-hydrogen) atoms. The maximum absolute atomic E-state index is 13.8. The highest BCUT2D eigenvalue weighted by molar-refractivity contribution is 5.99. The smallest absolute Gasteiger partial charge is 0.305 e. The van der Waals surface area contributed by atoms with Crippen LogP contribution < -0.4 is 10.9 Å². The van der Waals surface area contributed by atoms with Crippen LogP contribution >= 0.6 is 0 Å². The van der Waals surface area contributed by atoms with Gasteiger partial charge in [0.15, 0.2) is 5.76 Å². The van der Waals surface area contributed by atoms with Crippen molar-refractivity contribution < 1.29 is 22.8 Å². The summed E-state index contributed by atoms with van der Waals surface area (Å²) in [5, 5.41) is 0.845. The third-order valence-electron chi connectivity index (χ3n) is 4.76. The molecular formula is C23H19FN2O4. The van der Waals surface area contributed by atoms with E-state index in [1.165, 1.54) is 6.07 Å². The maximum Gasteiger partial charge on any atom is 0.305 e. The third kappa shape index (κ3) is 3.96. The number of carbonyl (C=O) groups is 2. The zero-order valence-corrected chi connectivity index (χ0v) is 16.2. The molecule has 2 aromatic carbocycles. The Morgan fingerprint density at radius 2 is 1.70 bits per heavy atom. The first-order valence-corrected chi connectivity index (χ1v) is 9.44. The lowest BCUT2D eigenvalue weighted by Crippen LogP contribution is -2.41. The highest BCUT2D eigenvalue weighted by Gasteiger charge is 2.18. The highest BCUT2D eigenvalue weighted by Crippen LogP contribution is 2.26. The van der Waals surface area contributed by atoms with E-state index in [1.54, 1.807) is 43.3 Å². The van der Waals surface area contributed by atoms with Crippen LogP contribution in [-0.4, -0.2) is 11.8 Å². The van der Waals surface area contributed by atoms with Crippen LogP contribution in [0.15, 0.2) is 69.5 Å². The molecule has 0 fully saturated rings. The lowest BCUT2D eigenvalue weighted by atomic mass is 10.1. The Morgan fingerprint density at radius 3 is 2.50 bits per heavy atom. The van der Waals surface area contributed by atoms with Crippen LogP contribution in [0.25, 0.3) is 22.3 Å². The zero-order chi connectivity index (χ0) is 21.1. The van der Waals surface area contributed by atoms with Gasteiger partial charge in [-0.15, -0.1) is 0 Å². The number of benzene rings is 2. The summed E-state index contributed by atoms with van der Waals surface area (Å²) in [6.07, 6.45) is 0.392. The summed E-state index contributed by atoms with van der Waals surface area (Å²) in [7, 11) is 0. The van der Waals surface area contributed by atoms with Gasteiger partial charge in [0, 0.05) is 23.8 Å². The van der Waals surface area contributed by atoms with E-state index in [9.17, 15) is 14.0 Å². The Kier molecular flexibility index (Phi) is 5.34. The van der Waals surface area contributed by atoms with Gasteiger partial charge in [-0.1, -0.05) is 30.3 Å². The van der Waals surface area contributed by atoms with Crippen molar-refractivity contribution in [3.63, 3.8) is 0 Å². The first-order valence-electron chi connectivity index (χ1n) is 9.44. The summed E-state index contributed by atoms with van der Waals surface area (Å²) < 4.78 is 25.0. The van der Waals surface area contributed by atoms with Gasteiger partial charge in [-0.25, -0.2) is 4.39 Å². The molecule has 0 aliphatic rings. The molecule has 0 bridgehead atoms. The number of aryl methyl sites for hydroxylation is 2. The normalized spacial score (nSPS) is 10.9. The summed E-state index contributed by atoms with van der Waals surface area (Å²) >= 11 is 0. The molecule has 0 atom stereocenters. The van der Waals surface area contributed by atoms with E-state index in [0.717, 1.165) is 5.39 Å². The zero-order valence-electron chi connectivity index (χ0n) is 16.2. The van der Waals surface area contributed by atoms with Gasteiger partial charge in [0.2, 0.25) is 5.91 Å². The highest BCUT2D eigenvalue weighted by atomic mass is 19.1. The third-order valence-corrected chi connectivity index (χ3v) is 4.76. The van der Waals surface area contributed by atoms with Crippen LogP contribution in [0.1, 0.15) is 28.3 Å². The van der Waals surface area contributed by atoms with Crippen molar-refractivity contribution in [3.8, 4) is 11.3 Å². The molecule has 152 valence electrons. The fraction of sp³-hybridized carbons (Fsp3) is 0.130. The van der Waals surface area contributed by atoms with Gasteiger partial charge in [-0.05, 0) is 37.3 Å². The second-order valence-electron chi connectivity index (χ2n) is 6.80. The molecule has 2 heterocycles. The SMILES string of the molecule is Cc1c(C(=O)NNC(=O)CCc2ccc(-c3ccccc3F)o2)oc2ccccc12. The molecule has 6 nitrogen and oxygen atoms in total. The number of hydrazine groups is 1. The van der Waals surface area contributed by atoms with Crippen LogP contribution in [0, 0.1) is 12.7 Å². The molecule has 0 spiro atoms. The van der Waals surface area contributed by atoms with E-state index in [2.05, 4.69) is 10.9 Å². The fourth-order valence-electron chi connectivity index (χ4n) is 3.19. The van der Waals surface area contributed by atoms with Gasteiger partial charge in [0.1, 0.15) is 22.9 Å². The number of amides is 2. The van der Waals surface area contributed by atoms with Gasteiger partial charge in [-0.3, -0.25) is 20.4 Å². The van der Waals surface area contributed by atoms with Crippen LogP contribution in [-0.2, 0) is 11.2 Å². The van der Waals surface area contributed by atoms with Crippen molar-refractivity contribution >= 4 is 22.8 Å². The summed E-state index contributed by atoms with van der Waals surface area (Å²) in [5.74, 6) is -0.199. The number of hydrogen-bond acceptors (Lipinski definition) is 4. The summed E-state index contributed by atoms with van der Waals surface area (Å²) in [5.41, 5.74) is 6.40. The van der Waals surface area contributed by atoms with Crippen molar-refractivity contribution in [1.29, 1.82) is 0 Å². The van der Waals surface area contributed by atoms with Gasteiger partial charge < -0.3 is 8.83 Å². The minimum absolute atomic E-state index is 0.0869. The van der Waals surface area contributed by atoms with E-state index < -0.39 is 5.91 Å². The molecule has 0 radical (unpaired) electrons. The molecule has 2 aromatic heterocycles. The van der Waals surface area contributed by atoms with Crippen molar-refractivity contribution in [2.24, 2.45) is 0 Å². The topological polar surface area (TPSA) is 84.5 Å². The largest absolute Gasteiger partial charge is 0.461 e. The van der Waals surface area contributed by atoms with Crippen molar-refractivity contribution in [1.82, 2.24) is 10.9 Å². The Balaban J connectivity index is 1.31. The summed E-state index contributed by atoms with van der Waals surface area (Å²) in [4.78, 5) is 24.4. The van der Waals surface area contributed by atoms with Crippen LogP contribution in [0.4, 0.5) is 4.39 Å². The average Bonchev–Trinajstić information content (AvgIpc) is 3.36. The molecule has 2 N–H and O–H groups in total. The Morgan fingerprint density at radius 1 is 0.933 bits per heavy atom. The Hall–Kier alpha value is -3.87. The molecular weight excluding hydrogens is 387 g/mol. The predicted molar refractivity (Wildman–Crippen MR) is 109 cm³/mol. The molecule has 4 rings (SSSR count). The number of rotatable bonds is 5. The van der Waals surface area contributed by atoms with E-state index in [4.69, 9.17) is 8.83 Å². The van der Waals surface area contributed by atoms with Gasteiger partial charge in [-0.2, -0.15) is 0 Å². The minimum Gasteiger partial charge on any atom is -0.461 e. The van der Waals surface area contributed by atoms with Crippen LogP contribution in [0.2, 0.25) is 0 Å². The monoisotopic (exact) mass is 406 g/mol. The standard InChI is InChI=1S/C23H19FN2O4/c1-14-16-6-3-5-9-19(16)30-22(14)23(28)26-25-21(27)13-11-15-10-12-20(29-15)17-7-2-4-8-18(17)24/h2-10,12H,11,13H2,1H3,(H,25,27)(H,26,28). The summed E-state index contributed by atoms with van der Waals surface area (Å²) in [6.45, 7) is 1.78. The average molecular weight is 406 g/mol. The molecule has 0 saturated heterocycles. The minimum atomic E-state index is -0.531. The van der Waals surface area contributed by atoms with E-state index >= 15 is 0 Å². The second kappa shape index (κ2) is 8.24. The molecule has 0 saturated carbocycles. The van der Waals surface area contributed by atoms with Crippen molar-refractivity contribution in [2.45, 2.75) is 19.8 Å². The number of nitrogens with one attached hydrogen (secondary N) is 2. The molecule has 7 heteroatoms. The molecule has 2 amide bonds. The number of para-hydroxylation sites is 1. The molecule has 0 unspecified atom stereocenters. The Bertz CT molecular complexity index is 1220. The first-order chi connectivity index (χ1) is 14.5. The lowest BCUT2D eigenvalue weighted by Gasteiger charge is -2.06. The van der Waals surface area contributed by atoms with E-state index in [-0.39, 0.29) is 23.9 Å². The molecule has 4 aromatic rings. The first kappa shape index (κ1) is 19.4. The van der Waals surface area contributed by atoms with Gasteiger partial charge in [0.05, 0.1) is 5.56 Å². The molecule has 0 aliphatic carbocycles. The lowest BCUT2D eigenvalue weighted by molar-refractivity contribution is -0.121. The number of carbonyl (C=O) groups excluding carboxylic acids is 2. The fourth-order valence-corrected chi connectivity index (χ4v) is 3.19. The number of hydrogen-bond donors (Lipinski definition) is 2. The van der Waals surface area contributed by atoms with E-state index in [1.807, 2.05) is 18.2 Å². The maximum atomic E-state index is 13.8. The van der Waals surface area contributed by atoms with Crippen molar-refractivity contribution in [3.05, 3.63) is 83.6 Å². The van der Waals surface area contributed by atoms with E-state index in [0.29, 0.717) is 34.7 Å². The van der Waals surface area contributed by atoms with Gasteiger partial charge >= 0.3 is 5.91 Å². The predicted octanol–water partition coefficient (Wildman–Crippen LogP) is 4.53. The van der Waals surface area contributed by atoms with Crippen molar-refractivity contribution in [2.75, 3.05) is 0 Å². The number of halogens is 1. The number of fused-ring (bicyclic) bond motifs is 1. The number of furan rings is 2. The quantitative estimate of drug-likeness (QED) is 0.477. The van der Waals surface area contributed by atoms with Crippen LogP contribution in [0.3, 0.4) is 0 Å². The van der Waals surface area contributed by atoms with Gasteiger partial charge in [0.25, 0.3) is 0 Å². The molecule has 0 aliphatic heterocycles. The summed E-state index contributed by atoms with van der Waals surface area (Å²) in [6, 6.07) is 17.0.